The number of fused-ring (bicyclic) bond motifs is 1. The summed E-state index contributed by atoms with van der Waals surface area (Å²) in [6.07, 6.45) is 3.46. The number of anilines is 1. The minimum absolute atomic E-state index is 0.634. The van der Waals surface area contributed by atoms with E-state index in [0.29, 0.717) is 18.1 Å². The van der Waals surface area contributed by atoms with Crippen molar-refractivity contribution in [1.29, 1.82) is 0 Å². The Labute approximate surface area is 146 Å². The summed E-state index contributed by atoms with van der Waals surface area (Å²) in [5, 5.41) is 11.3. The molecule has 25 heavy (non-hydrogen) atoms. The third-order valence-electron chi connectivity index (χ3n) is 4.46. The van der Waals surface area contributed by atoms with Crippen LogP contribution in [0.1, 0.15) is 22.6 Å². The molecule has 3 aromatic heterocycles. The number of hydrogen-bond donors (Lipinski definition) is 2. The van der Waals surface area contributed by atoms with Crippen LogP contribution < -0.4 is 10.6 Å². The molecule has 7 nitrogen and oxygen atoms in total. The average molecular weight is 338 g/mol. The molecule has 2 N–H and O–H groups in total. The first-order chi connectivity index (χ1) is 12.2. The van der Waals surface area contributed by atoms with Crippen LogP contribution in [0.3, 0.4) is 0 Å². The topological polar surface area (TPSA) is 80.8 Å². The fraction of sp³-hybridized carbons (Fsp3) is 0.389. The molecule has 0 unspecified atom stereocenters. The van der Waals surface area contributed by atoms with Crippen molar-refractivity contribution in [1.82, 2.24) is 25.1 Å². The molecular weight excluding hydrogens is 316 g/mol. The van der Waals surface area contributed by atoms with Crippen LogP contribution in [0.5, 0.6) is 0 Å². The Balaban J connectivity index is 1.69. The number of aryl methyl sites for hydroxylation is 2. The van der Waals surface area contributed by atoms with E-state index in [0.717, 1.165) is 48.8 Å². The van der Waals surface area contributed by atoms with Gasteiger partial charge in [-0.1, -0.05) is 0 Å². The summed E-state index contributed by atoms with van der Waals surface area (Å²) in [6, 6.07) is 5.84. The van der Waals surface area contributed by atoms with E-state index in [1.165, 1.54) is 5.56 Å². The van der Waals surface area contributed by atoms with Gasteiger partial charge in [0.1, 0.15) is 5.82 Å². The summed E-state index contributed by atoms with van der Waals surface area (Å²) in [7, 11) is 1.96. The zero-order valence-electron chi connectivity index (χ0n) is 14.5. The van der Waals surface area contributed by atoms with E-state index >= 15 is 0 Å². The van der Waals surface area contributed by atoms with Gasteiger partial charge in [0.25, 0.3) is 0 Å². The summed E-state index contributed by atoms with van der Waals surface area (Å²) in [5.41, 5.74) is 4.42. The van der Waals surface area contributed by atoms with Gasteiger partial charge in [0, 0.05) is 25.6 Å². The summed E-state index contributed by atoms with van der Waals surface area (Å²) >= 11 is 0. The molecule has 3 aromatic rings. The molecule has 0 bridgehead atoms. The van der Waals surface area contributed by atoms with Gasteiger partial charge in [-0.15, -0.1) is 0 Å². The maximum absolute atomic E-state index is 5.50. The van der Waals surface area contributed by atoms with Gasteiger partial charge in [-0.25, -0.2) is 9.97 Å². The number of rotatable bonds is 4. The van der Waals surface area contributed by atoms with E-state index in [-0.39, 0.29) is 0 Å². The number of nitrogens with one attached hydrogen (secondary N) is 2. The largest absolute Gasteiger partial charge is 0.461 e. The number of hydrogen-bond acceptors (Lipinski definition) is 6. The lowest BCUT2D eigenvalue weighted by molar-refractivity contribution is 0.576. The summed E-state index contributed by atoms with van der Waals surface area (Å²) in [5.74, 6) is 2.22. The predicted molar refractivity (Wildman–Crippen MR) is 95.3 cm³/mol. The van der Waals surface area contributed by atoms with Crippen LogP contribution in [0.15, 0.2) is 28.9 Å². The van der Waals surface area contributed by atoms with Crippen LogP contribution in [0, 0.1) is 6.92 Å². The Morgan fingerprint density at radius 3 is 2.92 bits per heavy atom. The van der Waals surface area contributed by atoms with Gasteiger partial charge in [-0.3, -0.25) is 4.68 Å². The first kappa shape index (κ1) is 15.8. The molecule has 0 spiro atoms. The van der Waals surface area contributed by atoms with Crippen LogP contribution in [0.2, 0.25) is 0 Å². The predicted octanol–water partition coefficient (Wildman–Crippen LogP) is 2.08. The molecule has 1 aliphatic rings. The first-order valence-electron chi connectivity index (χ1n) is 8.58. The molecule has 130 valence electrons. The maximum Gasteiger partial charge on any atom is 0.197 e. The second-order valence-electron chi connectivity index (χ2n) is 6.30. The molecule has 0 aromatic carbocycles. The SMILES string of the molecule is Cc1cc(CNc2nc(-c3ccco3)nc3c2CCNCC3)n(C)n1. The first-order valence-corrected chi connectivity index (χ1v) is 8.58. The van der Waals surface area contributed by atoms with E-state index < -0.39 is 0 Å². The van der Waals surface area contributed by atoms with E-state index in [4.69, 9.17) is 14.4 Å². The van der Waals surface area contributed by atoms with Gasteiger partial charge in [0.05, 0.1) is 29.9 Å². The molecule has 0 fully saturated rings. The van der Waals surface area contributed by atoms with Gasteiger partial charge in [-0.05, 0) is 38.1 Å². The minimum atomic E-state index is 0.634. The smallest absolute Gasteiger partial charge is 0.197 e. The van der Waals surface area contributed by atoms with Crippen LogP contribution in [-0.2, 0) is 26.4 Å². The summed E-state index contributed by atoms with van der Waals surface area (Å²) in [4.78, 5) is 9.50. The molecule has 0 saturated heterocycles. The van der Waals surface area contributed by atoms with Crippen molar-refractivity contribution in [2.45, 2.75) is 26.3 Å². The van der Waals surface area contributed by atoms with Crippen LogP contribution in [0.4, 0.5) is 5.82 Å². The molecule has 0 aliphatic carbocycles. The lowest BCUT2D eigenvalue weighted by Gasteiger charge is -2.14. The standard InChI is InChI=1S/C18H22N6O/c1-12-10-13(24(2)23-12)11-20-17-14-5-7-19-8-6-15(14)21-18(22-17)16-4-3-9-25-16/h3-4,9-10,19H,5-8,11H2,1-2H3,(H,20,21,22). The minimum Gasteiger partial charge on any atom is -0.461 e. The second kappa shape index (κ2) is 6.68. The van der Waals surface area contributed by atoms with Crippen LogP contribution in [-0.4, -0.2) is 32.8 Å². The quantitative estimate of drug-likeness (QED) is 0.758. The van der Waals surface area contributed by atoms with E-state index in [1.807, 2.05) is 30.8 Å². The monoisotopic (exact) mass is 338 g/mol. The zero-order chi connectivity index (χ0) is 17.2. The fourth-order valence-corrected chi connectivity index (χ4v) is 3.21. The molecule has 4 heterocycles. The lowest BCUT2D eigenvalue weighted by Crippen LogP contribution is -2.16. The highest BCUT2D eigenvalue weighted by molar-refractivity contribution is 5.56. The molecule has 0 radical (unpaired) electrons. The summed E-state index contributed by atoms with van der Waals surface area (Å²) < 4.78 is 7.40. The van der Waals surface area contributed by atoms with Gasteiger partial charge in [-0.2, -0.15) is 5.10 Å². The zero-order valence-corrected chi connectivity index (χ0v) is 14.5. The Bertz CT molecular complexity index is 868. The molecule has 0 saturated carbocycles. The van der Waals surface area contributed by atoms with Crippen molar-refractivity contribution < 1.29 is 4.42 Å². The molecule has 7 heteroatoms. The highest BCUT2D eigenvalue weighted by atomic mass is 16.3. The van der Waals surface area contributed by atoms with Crippen molar-refractivity contribution in [3.05, 3.63) is 47.1 Å². The summed E-state index contributed by atoms with van der Waals surface area (Å²) in [6.45, 7) is 4.55. The van der Waals surface area contributed by atoms with Gasteiger partial charge < -0.3 is 15.1 Å². The maximum atomic E-state index is 5.50. The van der Waals surface area contributed by atoms with Crippen LogP contribution >= 0.6 is 0 Å². The Morgan fingerprint density at radius 2 is 2.16 bits per heavy atom. The number of aromatic nitrogens is 4. The number of furan rings is 1. The molecule has 4 rings (SSSR count). The number of nitrogens with zero attached hydrogens (tertiary/aromatic N) is 4. The Kier molecular flexibility index (Phi) is 4.23. The van der Waals surface area contributed by atoms with Gasteiger partial charge in [0.15, 0.2) is 11.6 Å². The van der Waals surface area contributed by atoms with Crippen molar-refractivity contribution >= 4 is 5.82 Å². The van der Waals surface area contributed by atoms with Gasteiger partial charge in [0.2, 0.25) is 0 Å². The molecule has 0 atom stereocenters. The van der Waals surface area contributed by atoms with Crippen molar-refractivity contribution in [2.24, 2.45) is 7.05 Å². The molecule has 1 aliphatic heterocycles. The van der Waals surface area contributed by atoms with Gasteiger partial charge >= 0.3 is 0 Å². The fourth-order valence-electron chi connectivity index (χ4n) is 3.21. The lowest BCUT2D eigenvalue weighted by atomic mass is 10.1. The van der Waals surface area contributed by atoms with E-state index in [1.54, 1.807) is 6.26 Å². The third-order valence-corrected chi connectivity index (χ3v) is 4.46. The highest BCUT2D eigenvalue weighted by Crippen LogP contribution is 2.25. The average Bonchev–Trinajstić information content (AvgIpc) is 3.16. The second-order valence-corrected chi connectivity index (χ2v) is 6.30. The van der Waals surface area contributed by atoms with Crippen LogP contribution in [0.25, 0.3) is 11.6 Å². The Hall–Kier alpha value is -2.67. The normalized spacial score (nSPS) is 14.2. The van der Waals surface area contributed by atoms with E-state index in [2.05, 4.69) is 21.8 Å². The molecular formula is C18H22N6O. The molecule has 0 amide bonds. The highest BCUT2D eigenvalue weighted by Gasteiger charge is 2.18. The van der Waals surface area contributed by atoms with E-state index in [9.17, 15) is 0 Å². The van der Waals surface area contributed by atoms with Crippen molar-refractivity contribution in [3.63, 3.8) is 0 Å². The Morgan fingerprint density at radius 1 is 1.28 bits per heavy atom. The van der Waals surface area contributed by atoms with Crippen molar-refractivity contribution in [2.75, 3.05) is 18.4 Å². The third kappa shape index (κ3) is 3.28. The van der Waals surface area contributed by atoms with Crippen molar-refractivity contribution in [3.8, 4) is 11.6 Å².